The smallest absolute Gasteiger partial charge is 0.161 e. The van der Waals surface area contributed by atoms with Gasteiger partial charge in [-0.1, -0.05) is 17.7 Å². The van der Waals surface area contributed by atoms with Crippen LogP contribution < -0.4 is 14.8 Å². The Bertz CT molecular complexity index is 1170. The molecule has 0 radical (unpaired) electrons. The quantitative estimate of drug-likeness (QED) is 0.439. The highest BCUT2D eigenvalue weighted by Crippen LogP contribution is 2.40. The predicted molar refractivity (Wildman–Crippen MR) is 111 cm³/mol. The van der Waals surface area contributed by atoms with Crippen LogP contribution in [0, 0.1) is 5.82 Å². The van der Waals surface area contributed by atoms with E-state index in [-0.39, 0.29) is 5.02 Å². The van der Waals surface area contributed by atoms with Gasteiger partial charge in [-0.25, -0.2) is 14.4 Å². The van der Waals surface area contributed by atoms with Crippen molar-refractivity contribution in [3.63, 3.8) is 0 Å². The molecule has 1 N–H and O–H groups in total. The second-order valence-electron chi connectivity index (χ2n) is 5.88. The molecule has 2 aromatic heterocycles. The number of benzene rings is 2. The summed E-state index contributed by atoms with van der Waals surface area (Å²) in [5, 5.41) is 6.13. The van der Waals surface area contributed by atoms with Crippen molar-refractivity contribution in [1.82, 2.24) is 9.97 Å². The molecule has 0 unspecified atom stereocenters. The van der Waals surface area contributed by atoms with E-state index in [4.69, 9.17) is 21.1 Å². The Hall–Kier alpha value is -2.90. The van der Waals surface area contributed by atoms with Gasteiger partial charge in [0.25, 0.3) is 0 Å². The van der Waals surface area contributed by atoms with Crippen molar-refractivity contribution in [3.8, 4) is 22.6 Å². The summed E-state index contributed by atoms with van der Waals surface area (Å²) in [6, 6.07) is 10.2. The van der Waals surface area contributed by atoms with Crippen LogP contribution in [0.2, 0.25) is 5.02 Å². The Morgan fingerprint density at radius 3 is 2.61 bits per heavy atom. The fourth-order valence-corrected chi connectivity index (χ4v) is 3.99. The van der Waals surface area contributed by atoms with Crippen LogP contribution in [-0.2, 0) is 0 Å². The number of hydrogen-bond donors (Lipinski definition) is 1. The zero-order valence-electron chi connectivity index (χ0n) is 15.0. The standard InChI is InChI=1S/C20H15ClFN3O2S/c1-26-16-6-3-11(7-17(16)27-2)13-9-28-20-18(13)19(23-10-24-20)25-12-4-5-15(22)14(21)8-12/h3-10H,1-2H3,(H,23,24,25). The van der Waals surface area contributed by atoms with Gasteiger partial charge in [0, 0.05) is 16.6 Å². The number of thiophene rings is 1. The van der Waals surface area contributed by atoms with Crippen molar-refractivity contribution >= 4 is 44.7 Å². The van der Waals surface area contributed by atoms with E-state index in [0.29, 0.717) is 23.0 Å². The molecular formula is C20H15ClFN3O2S. The molecule has 142 valence electrons. The summed E-state index contributed by atoms with van der Waals surface area (Å²) in [7, 11) is 3.20. The van der Waals surface area contributed by atoms with Gasteiger partial charge in [-0.3, -0.25) is 0 Å². The van der Waals surface area contributed by atoms with Gasteiger partial charge in [0.15, 0.2) is 11.5 Å². The molecule has 0 amide bonds. The SMILES string of the molecule is COc1ccc(-c2csc3ncnc(Nc4ccc(F)c(Cl)c4)c23)cc1OC. The summed E-state index contributed by atoms with van der Waals surface area (Å²) >= 11 is 7.41. The number of aromatic nitrogens is 2. The lowest BCUT2D eigenvalue weighted by Gasteiger charge is -2.11. The average Bonchev–Trinajstić information content (AvgIpc) is 3.15. The Balaban J connectivity index is 1.82. The number of nitrogens with one attached hydrogen (secondary N) is 1. The second kappa shape index (κ2) is 7.61. The molecule has 4 rings (SSSR count). The summed E-state index contributed by atoms with van der Waals surface area (Å²) in [6.45, 7) is 0. The molecule has 0 spiro atoms. The largest absolute Gasteiger partial charge is 0.493 e. The van der Waals surface area contributed by atoms with Crippen LogP contribution in [0.15, 0.2) is 48.1 Å². The molecule has 2 aromatic carbocycles. The lowest BCUT2D eigenvalue weighted by Crippen LogP contribution is -1.96. The van der Waals surface area contributed by atoms with Crippen LogP contribution in [-0.4, -0.2) is 24.2 Å². The number of halogens is 2. The molecule has 0 saturated carbocycles. The molecule has 4 aromatic rings. The van der Waals surface area contributed by atoms with Crippen molar-refractivity contribution in [3.05, 3.63) is 58.9 Å². The van der Waals surface area contributed by atoms with Crippen LogP contribution in [0.4, 0.5) is 15.9 Å². The van der Waals surface area contributed by atoms with Gasteiger partial charge in [0.2, 0.25) is 0 Å². The monoisotopic (exact) mass is 415 g/mol. The third-order valence-corrected chi connectivity index (χ3v) is 5.42. The Morgan fingerprint density at radius 2 is 1.86 bits per heavy atom. The summed E-state index contributed by atoms with van der Waals surface area (Å²) in [5.41, 5.74) is 2.53. The zero-order chi connectivity index (χ0) is 19.7. The number of hydrogen-bond acceptors (Lipinski definition) is 6. The lowest BCUT2D eigenvalue weighted by atomic mass is 10.1. The van der Waals surface area contributed by atoms with Crippen molar-refractivity contribution in [2.75, 3.05) is 19.5 Å². The summed E-state index contributed by atoms with van der Waals surface area (Å²) in [4.78, 5) is 9.57. The van der Waals surface area contributed by atoms with Crippen molar-refractivity contribution in [2.24, 2.45) is 0 Å². The average molecular weight is 416 g/mol. The Labute approximate surface area is 169 Å². The first-order chi connectivity index (χ1) is 13.6. The third kappa shape index (κ3) is 3.34. The van der Waals surface area contributed by atoms with E-state index < -0.39 is 5.82 Å². The highest BCUT2D eigenvalue weighted by molar-refractivity contribution is 7.17. The van der Waals surface area contributed by atoms with E-state index in [1.165, 1.54) is 29.8 Å². The van der Waals surface area contributed by atoms with Crippen LogP contribution in [0.1, 0.15) is 0 Å². The maximum absolute atomic E-state index is 13.5. The fourth-order valence-electron chi connectivity index (χ4n) is 2.90. The third-order valence-electron chi connectivity index (χ3n) is 4.25. The van der Waals surface area contributed by atoms with Gasteiger partial charge in [0.05, 0.1) is 24.6 Å². The molecule has 0 aliphatic carbocycles. The first kappa shape index (κ1) is 18.5. The molecule has 0 aliphatic rings. The van der Waals surface area contributed by atoms with Crippen LogP contribution in [0.25, 0.3) is 21.3 Å². The first-order valence-corrected chi connectivity index (χ1v) is 9.53. The highest BCUT2D eigenvalue weighted by atomic mass is 35.5. The van der Waals surface area contributed by atoms with E-state index >= 15 is 0 Å². The number of methoxy groups -OCH3 is 2. The van der Waals surface area contributed by atoms with Gasteiger partial charge in [0.1, 0.15) is 22.8 Å². The predicted octanol–water partition coefficient (Wildman–Crippen LogP) is 5.91. The molecule has 28 heavy (non-hydrogen) atoms. The Kier molecular flexibility index (Phi) is 5.02. The van der Waals surface area contributed by atoms with E-state index in [0.717, 1.165) is 21.3 Å². The summed E-state index contributed by atoms with van der Waals surface area (Å²) < 4.78 is 24.2. The Morgan fingerprint density at radius 1 is 1.04 bits per heavy atom. The molecule has 8 heteroatoms. The van der Waals surface area contributed by atoms with Crippen LogP contribution in [0.3, 0.4) is 0 Å². The molecule has 2 heterocycles. The number of ether oxygens (including phenoxy) is 2. The van der Waals surface area contributed by atoms with E-state index in [2.05, 4.69) is 15.3 Å². The molecule has 0 fully saturated rings. The maximum Gasteiger partial charge on any atom is 0.161 e. The zero-order valence-corrected chi connectivity index (χ0v) is 16.6. The second-order valence-corrected chi connectivity index (χ2v) is 7.14. The van der Waals surface area contributed by atoms with Crippen molar-refractivity contribution in [2.45, 2.75) is 0 Å². The van der Waals surface area contributed by atoms with E-state index in [9.17, 15) is 4.39 Å². The number of anilines is 2. The topological polar surface area (TPSA) is 56.3 Å². The van der Waals surface area contributed by atoms with Gasteiger partial charge in [-0.05, 0) is 35.9 Å². The molecular weight excluding hydrogens is 401 g/mol. The summed E-state index contributed by atoms with van der Waals surface area (Å²) in [5.74, 6) is 1.43. The fraction of sp³-hybridized carbons (Fsp3) is 0.100. The van der Waals surface area contributed by atoms with E-state index in [1.54, 1.807) is 20.3 Å². The maximum atomic E-state index is 13.5. The summed E-state index contributed by atoms with van der Waals surface area (Å²) in [6.07, 6.45) is 1.49. The molecule has 0 saturated heterocycles. The van der Waals surface area contributed by atoms with Gasteiger partial charge in [-0.15, -0.1) is 11.3 Å². The first-order valence-electron chi connectivity index (χ1n) is 8.27. The normalized spacial score (nSPS) is 10.9. The number of nitrogens with zero attached hydrogens (tertiary/aromatic N) is 2. The van der Waals surface area contributed by atoms with Crippen molar-refractivity contribution < 1.29 is 13.9 Å². The van der Waals surface area contributed by atoms with Gasteiger partial charge >= 0.3 is 0 Å². The lowest BCUT2D eigenvalue weighted by molar-refractivity contribution is 0.355. The molecule has 0 bridgehead atoms. The minimum Gasteiger partial charge on any atom is -0.493 e. The van der Waals surface area contributed by atoms with Crippen LogP contribution >= 0.6 is 22.9 Å². The highest BCUT2D eigenvalue weighted by Gasteiger charge is 2.15. The molecule has 0 aliphatic heterocycles. The number of rotatable bonds is 5. The number of fused-ring (bicyclic) bond motifs is 1. The van der Waals surface area contributed by atoms with Crippen molar-refractivity contribution in [1.29, 1.82) is 0 Å². The van der Waals surface area contributed by atoms with Crippen LogP contribution in [0.5, 0.6) is 11.5 Å². The molecule has 0 atom stereocenters. The van der Waals surface area contributed by atoms with Gasteiger partial charge in [-0.2, -0.15) is 0 Å². The minimum atomic E-state index is -0.471. The van der Waals surface area contributed by atoms with E-state index in [1.807, 2.05) is 23.6 Å². The van der Waals surface area contributed by atoms with Gasteiger partial charge < -0.3 is 14.8 Å². The minimum absolute atomic E-state index is 0.0423. The molecule has 5 nitrogen and oxygen atoms in total.